The molecule has 0 bridgehead atoms. The Balaban J connectivity index is 1.86. The fraction of sp³-hybridized carbons (Fsp3) is 0.267. The number of nitrogens with zero attached hydrogens (tertiary/aromatic N) is 1. The predicted molar refractivity (Wildman–Crippen MR) is 83.8 cm³/mol. The van der Waals surface area contributed by atoms with Crippen molar-refractivity contribution in [2.24, 2.45) is 0 Å². The molecule has 0 radical (unpaired) electrons. The lowest BCUT2D eigenvalue weighted by atomic mass is 9.99. The molecule has 0 aliphatic carbocycles. The van der Waals surface area contributed by atoms with Crippen LogP contribution in [0.4, 0.5) is 0 Å². The summed E-state index contributed by atoms with van der Waals surface area (Å²) in [7, 11) is -3.75. The average Bonchev–Trinajstić information content (AvgIpc) is 3.18. The Morgan fingerprint density at radius 3 is 2.64 bits per heavy atom. The summed E-state index contributed by atoms with van der Waals surface area (Å²) >= 11 is 0.935. The fourth-order valence-electron chi connectivity index (χ4n) is 2.74. The van der Waals surface area contributed by atoms with Crippen molar-refractivity contribution in [3.05, 3.63) is 52.2 Å². The number of carbonyl (C=O) groups is 1. The van der Waals surface area contributed by atoms with Crippen LogP contribution in [0.1, 0.15) is 27.6 Å². The highest BCUT2D eigenvalue weighted by Crippen LogP contribution is 2.33. The minimum Gasteiger partial charge on any atom is -0.477 e. The molecule has 1 fully saturated rings. The summed E-state index contributed by atoms with van der Waals surface area (Å²) in [5, 5.41) is 10.6. The average molecular weight is 337 g/mol. The van der Waals surface area contributed by atoms with Gasteiger partial charge in [0.05, 0.1) is 0 Å². The van der Waals surface area contributed by atoms with Crippen LogP contribution in [0.5, 0.6) is 0 Å². The lowest BCUT2D eigenvalue weighted by Crippen LogP contribution is -2.29. The molecule has 0 amide bonds. The van der Waals surface area contributed by atoms with E-state index in [0.717, 1.165) is 23.3 Å². The zero-order valence-corrected chi connectivity index (χ0v) is 13.3. The largest absolute Gasteiger partial charge is 0.477 e. The number of thiophene rings is 1. The summed E-state index contributed by atoms with van der Waals surface area (Å²) in [5.41, 5.74) is 1.11. The van der Waals surface area contributed by atoms with Crippen molar-refractivity contribution in [2.75, 3.05) is 13.1 Å². The van der Waals surface area contributed by atoms with Gasteiger partial charge in [0.25, 0.3) is 0 Å². The Hall–Kier alpha value is -1.70. The fourth-order valence-corrected chi connectivity index (χ4v) is 5.47. The third-order valence-corrected chi connectivity index (χ3v) is 6.80. The first-order chi connectivity index (χ1) is 10.5. The van der Waals surface area contributed by atoms with Gasteiger partial charge in [-0.15, -0.1) is 11.3 Å². The van der Waals surface area contributed by atoms with Crippen molar-refractivity contribution in [3.63, 3.8) is 0 Å². The lowest BCUT2D eigenvalue weighted by Gasteiger charge is -2.16. The van der Waals surface area contributed by atoms with Crippen LogP contribution >= 0.6 is 11.3 Å². The zero-order chi connectivity index (χ0) is 15.7. The van der Waals surface area contributed by atoms with Crippen LogP contribution in [0.15, 0.2) is 46.7 Å². The van der Waals surface area contributed by atoms with Gasteiger partial charge in [-0.1, -0.05) is 30.3 Å². The molecule has 1 N–H and O–H groups in total. The summed E-state index contributed by atoms with van der Waals surface area (Å²) in [5.74, 6) is -1.05. The van der Waals surface area contributed by atoms with Crippen molar-refractivity contribution >= 4 is 27.3 Å². The lowest BCUT2D eigenvalue weighted by molar-refractivity contribution is 0.0698. The van der Waals surface area contributed by atoms with Gasteiger partial charge in [-0.05, 0) is 29.3 Å². The number of carboxylic acid groups (broad SMARTS) is 1. The van der Waals surface area contributed by atoms with Gasteiger partial charge in [0.1, 0.15) is 9.77 Å². The zero-order valence-electron chi connectivity index (χ0n) is 11.7. The van der Waals surface area contributed by atoms with Crippen LogP contribution in [0.3, 0.4) is 0 Å². The number of hydrogen-bond donors (Lipinski definition) is 1. The molecule has 0 saturated carbocycles. The van der Waals surface area contributed by atoms with Crippen LogP contribution in [0.2, 0.25) is 0 Å². The summed E-state index contributed by atoms with van der Waals surface area (Å²) in [4.78, 5) is 10.9. The normalized spacial score (nSPS) is 19.4. The third-order valence-electron chi connectivity index (χ3n) is 3.86. The second-order valence-corrected chi connectivity index (χ2v) is 8.00. The van der Waals surface area contributed by atoms with Crippen LogP contribution in [-0.2, 0) is 10.0 Å². The summed E-state index contributed by atoms with van der Waals surface area (Å²) in [6.45, 7) is 0.804. The van der Waals surface area contributed by atoms with Crippen molar-refractivity contribution in [1.82, 2.24) is 4.31 Å². The van der Waals surface area contributed by atoms with Gasteiger partial charge in [0, 0.05) is 13.1 Å². The second-order valence-electron chi connectivity index (χ2n) is 5.18. The van der Waals surface area contributed by atoms with E-state index in [1.807, 2.05) is 30.3 Å². The highest BCUT2D eigenvalue weighted by molar-refractivity contribution is 7.89. The molecule has 2 aromatic rings. The molecule has 1 unspecified atom stereocenters. The quantitative estimate of drug-likeness (QED) is 0.930. The van der Waals surface area contributed by atoms with Crippen molar-refractivity contribution in [2.45, 2.75) is 17.2 Å². The maximum atomic E-state index is 12.7. The molecule has 22 heavy (non-hydrogen) atoms. The molecule has 1 aromatic heterocycles. The first-order valence-corrected chi connectivity index (χ1v) is 9.18. The third kappa shape index (κ3) is 2.67. The topological polar surface area (TPSA) is 74.7 Å². The van der Waals surface area contributed by atoms with Gasteiger partial charge in [-0.2, -0.15) is 4.31 Å². The summed E-state index contributed by atoms with van der Waals surface area (Å²) in [6, 6.07) is 11.2. The monoisotopic (exact) mass is 337 g/mol. The van der Waals surface area contributed by atoms with Crippen molar-refractivity contribution in [1.29, 1.82) is 0 Å². The molecule has 116 valence electrons. The van der Waals surface area contributed by atoms with Gasteiger partial charge < -0.3 is 5.11 Å². The molecule has 1 aromatic carbocycles. The number of carboxylic acids is 1. The number of benzene rings is 1. The van der Waals surface area contributed by atoms with E-state index in [1.54, 1.807) is 0 Å². The SMILES string of the molecule is O=C(O)c1sccc1S(=O)(=O)N1CCC(c2ccccc2)C1. The second kappa shape index (κ2) is 5.83. The highest BCUT2D eigenvalue weighted by atomic mass is 32.2. The Kier molecular flexibility index (Phi) is 4.03. The molecule has 3 rings (SSSR count). The van der Waals surface area contributed by atoms with E-state index >= 15 is 0 Å². The van der Waals surface area contributed by atoms with E-state index in [-0.39, 0.29) is 15.7 Å². The molecular formula is C15H15NO4S2. The van der Waals surface area contributed by atoms with Crippen molar-refractivity contribution in [3.8, 4) is 0 Å². The van der Waals surface area contributed by atoms with Crippen molar-refractivity contribution < 1.29 is 18.3 Å². The highest BCUT2D eigenvalue weighted by Gasteiger charge is 2.35. The maximum Gasteiger partial charge on any atom is 0.347 e. The van der Waals surface area contributed by atoms with Gasteiger partial charge in [0.2, 0.25) is 10.0 Å². The molecular weight excluding hydrogens is 322 g/mol. The van der Waals surface area contributed by atoms with E-state index in [0.29, 0.717) is 13.1 Å². The van der Waals surface area contributed by atoms with Gasteiger partial charge in [-0.3, -0.25) is 0 Å². The smallest absolute Gasteiger partial charge is 0.347 e. The minimum absolute atomic E-state index is 0.0984. The van der Waals surface area contributed by atoms with E-state index in [9.17, 15) is 13.2 Å². The molecule has 1 aliphatic rings. The first-order valence-electron chi connectivity index (χ1n) is 6.86. The van der Waals surface area contributed by atoms with Crippen LogP contribution in [-0.4, -0.2) is 36.9 Å². The Morgan fingerprint density at radius 2 is 1.95 bits per heavy atom. The summed E-state index contributed by atoms with van der Waals surface area (Å²) in [6.07, 6.45) is 0.746. The molecule has 1 aliphatic heterocycles. The van der Waals surface area contributed by atoms with Crippen LogP contribution in [0, 0.1) is 0 Å². The first kappa shape index (κ1) is 15.2. The Bertz CT molecular complexity index is 783. The van der Waals surface area contributed by atoms with Gasteiger partial charge >= 0.3 is 5.97 Å². The van der Waals surface area contributed by atoms with E-state index in [4.69, 9.17) is 5.11 Å². The molecule has 1 saturated heterocycles. The Labute approximate surface area is 132 Å². The molecule has 0 spiro atoms. The van der Waals surface area contributed by atoms with Crippen LogP contribution in [0.25, 0.3) is 0 Å². The van der Waals surface area contributed by atoms with Gasteiger partial charge in [0.15, 0.2) is 0 Å². The van der Waals surface area contributed by atoms with Gasteiger partial charge in [-0.25, -0.2) is 13.2 Å². The van der Waals surface area contributed by atoms with E-state index in [1.165, 1.54) is 15.8 Å². The Morgan fingerprint density at radius 1 is 1.23 bits per heavy atom. The number of aromatic carboxylic acids is 1. The number of hydrogen-bond acceptors (Lipinski definition) is 4. The van der Waals surface area contributed by atoms with E-state index < -0.39 is 16.0 Å². The minimum atomic E-state index is -3.75. The number of rotatable bonds is 4. The summed E-state index contributed by atoms with van der Waals surface area (Å²) < 4.78 is 26.7. The van der Waals surface area contributed by atoms with E-state index in [2.05, 4.69) is 0 Å². The predicted octanol–water partition coefficient (Wildman–Crippen LogP) is 2.62. The molecule has 2 heterocycles. The van der Waals surface area contributed by atoms with Crippen LogP contribution < -0.4 is 0 Å². The molecule has 5 nitrogen and oxygen atoms in total. The maximum absolute atomic E-state index is 12.7. The number of sulfonamides is 1. The standard InChI is InChI=1S/C15H15NO4S2/c17-15(18)14-13(7-9-21-14)22(19,20)16-8-6-12(10-16)11-4-2-1-3-5-11/h1-5,7,9,12H,6,8,10H2,(H,17,18). The molecule has 7 heteroatoms. The molecule has 1 atom stereocenters.